The van der Waals surface area contributed by atoms with Crippen molar-refractivity contribution >= 4 is 0 Å². The van der Waals surface area contributed by atoms with Crippen LogP contribution in [-0.2, 0) is 6.54 Å². The quantitative estimate of drug-likeness (QED) is 0.859. The average Bonchev–Trinajstić information content (AvgIpc) is 2.49. The molecule has 2 aromatic carbocycles. The summed E-state index contributed by atoms with van der Waals surface area (Å²) in [7, 11) is 0. The van der Waals surface area contributed by atoms with Crippen LogP contribution < -0.4 is 5.32 Å². The zero-order chi connectivity index (χ0) is 13.5. The number of hydrogen-bond donors (Lipinski definition) is 2. The Labute approximate surface area is 113 Å². The Bertz CT molecular complexity index is 560. The fraction of sp³-hybridized carbons (Fsp3) is 0.188. The predicted molar refractivity (Wildman–Crippen MR) is 74.3 cm³/mol. The van der Waals surface area contributed by atoms with E-state index >= 15 is 0 Å². The maximum Gasteiger partial charge on any atom is 0.0991 e. The summed E-state index contributed by atoms with van der Waals surface area (Å²) in [6.07, 6.45) is 0. The molecule has 0 heterocycles. The van der Waals surface area contributed by atoms with E-state index in [0.29, 0.717) is 12.1 Å². The smallest absolute Gasteiger partial charge is 0.0991 e. The van der Waals surface area contributed by atoms with Crippen molar-refractivity contribution in [1.82, 2.24) is 5.32 Å². The number of nitrogens with zero attached hydrogens (tertiary/aromatic N) is 1. The van der Waals surface area contributed by atoms with Crippen LogP contribution in [0.5, 0.6) is 0 Å². The number of benzene rings is 2. The highest BCUT2D eigenvalue weighted by molar-refractivity contribution is 5.32. The van der Waals surface area contributed by atoms with Crippen LogP contribution >= 0.6 is 0 Å². The highest BCUT2D eigenvalue weighted by Gasteiger charge is 2.08. The van der Waals surface area contributed by atoms with Crippen molar-refractivity contribution in [2.24, 2.45) is 0 Å². The Morgan fingerprint density at radius 2 is 1.89 bits per heavy atom. The Morgan fingerprint density at radius 1 is 1.11 bits per heavy atom. The van der Waals surface area contributed by atoms with Crippen molar-refractivity contribution in [1.29, 1.82) is 5.26 Å². The van der Waals surface area contributed by atoms with Crippen LogP contribution in [0.15, 0.2) is 54.6 Å². The molecule has 0 saturated carbocycles. The highest BCUT2D eigenvalue weighted by atomic mass is 16.3. The number of rotatable bonds is 5. The molecule has 0 aromatic heterocycles. The van der Waals surface area contributed by atoms with Crippen molar-refractivity contribution in [2.75, 3.05) is 6.61 Å². The molecule has 19 heavy (non-hydrogen) atoms. The molecule has 2 rings (SSSR count). The molecule has 0 fully saturated rings. The molecule has 0 spiro atoms. The average molecular weight is 252 g/mol. The molecule has 0 aliphatic rings. The van der Waals surface area contributed by atoms with E-state index in [1.807, 2.05) is 48.5 Å². The summed E-state index contributed by atoms with van der Waals surface area (Å²) in [5.74, 6) is 0. The van der Waals surface area contributed by atoms with Crippen LogP contribution in [0.3, 0.4) is 0 Å². The van der Waals surface area contributed by atoms with E-state index in [4.69, 9.17) is 5.26 Å². The molecule has 0 radical (unpaired) electrons. The number of aliphatic hydroxyl groups is 1. The van der Waals surface area contributed by atoms with Gasteiger partial charge in [-0.2, -0.15) is 5.26 Å². The Morgan fingerprint density at radius 3 is 2.58 bits per heavy atom. The van der Waals surface area contributed by atoms with Gasteiger partial charge in [0.1, 0.15) is 0 Å². The van der Waals surface area contributed by atoms with Crippen LogP contribution in [0.4, 0.5) is 0 Å². The van der Waals surface area contributed by atoms with Crippen molar-refractivity contribution < 1.29 is 5.11 Å². The van der Waals surface area contributed by atoms with E-state index in [1.54, 1.807) is 6.07 Å². The minimum atomic E-state index is -0.0908. The van der Waals surface area contributed by atoms with Gasteiger partial charge in [0.25, 0.3) is 0 Å². The summed E-state index contributed by atoms with van der Waals surface area (Å²) < 4.78 is 0. The predicted octanol–water partition coefficient (Wildman–Crippen LogP) is 2.38. The van der Waals surface area contributed by atoms with E-state index in [0.717, 1.165) is 11.1 Å². The SMILES string of the molecule is N#Cc1cccc(CNC(CO)c2ccccc2)c1. The first-order valence-corrected chi connectivity index (χ1v) is 6.21. The second kappa shape index (κ2) is 6.69. The summed E-state index contributed by atoms with van der Waals surface area (Å²) in [5, 5.41) is 21.6. The largest absolute Gasteiger partial charge is 0.394 e. The van der Waals surface area contributed by atoms with Gasteiger partial charge < -0.3 is 10.4 Å². The standard InChI is InChI=1S/C16H16N2O/c17-10-13-5-4-6-14(9-13)11-18-16(12-19)15-7-2-1-3-8-15/h1-9,16,18-19H,11-12H2. The number of nitrogens with one attached hydrogen (secondary N) is 1. The highest BCUT2D eigenvalue weighted by Crippen LogP contribution is 2.13. The van der Waals surface area contributed by atoms with E-state index in [1.165, 1.54) is 0 Å². The zero-order valence-corrected chi connectivity index (χ0v) is 10.6. The second-order valence-corrected chi connectivity index (χ2v) is 4.34. The van der Waals surface area contributed by atoms with E-state index in [-0.39, 0.29) is 12.6 Å². The topological polar surface area (TPSA) is 56.0 Å². The van der Waals surface area contributed by atoms with E-state index < -0.39 is 0 Å². The summed E-state index contributed by atoms with van der Waals surface area (Å²) >= 11 is 0. The summed E-state index contributed by atoms with van der Waals surface area (Å²) in [6.45, 7) is 0.664. The second-order valence-electron chi connectivity index (χ2n) is 4.34. The summed E-state index contributed by atoms with van der Waals surface area (Å²) in [5.41, 5.74) is 2.74. The van der Waals surface area contributed by atoms with Crippen molar-refractivity contribution in [3.8, 4) is 6.07 Å². The van der Waals surface area contributed by atoms with Gasteiger partial charge in [0.2, 0.25) is 0 Å². The molecular formula is C16H16N2O. The molecule has 1 atom stereocenters. The minimum Gasteiger partial charge on any atom is -0.394 e. The van der Waals surface area contributed by atoms with Gasteiger partial charge in [0.15, 0.2) is 0 Å². The first-order valence-electron chi connectivity index (χ1n) is 6.21. The monoisotopic (exact) mass is 252 g/mol. The molecule has 2 N–H and O–H groups in total. The Balaban J connectivity index is 2.02. The van der Waals surface area contributed by atoms with Gasteiger partial charge in [-0.15, -0.1) is 0 Å². The molecule has 3 heteroatoms. The molecule has 1 unspecified atom stereocenters. The third-order valence-corrected chi connectivity index (χ3v) is 2.99. The molecule has 0 saturated heterocycles. The number of nitriles is 1. The first kappa shape index (κ1) is 13.3. The first-order chi connectivity index (χ1) is 9.33. The van der Waals surface area contributed by atoms with Gasteiger partial charge in [-0.1, -0.05) is 42.5 Å². The van der Waals surface area contributed by atoms with Gasteiger partial charge in [0, 0.05) is 6.54 Å². The lowest BCUT2D eigenvalue weighted by Gasteiger charge is -2.16. The van der Waals surface area contributed by atoms with Gasteiger partial charge in [-0.05, 0) is 23.3 Å². The maximum atomic E-state index is 9.44. The molecule has 2 aromatic rings. The van der Waals surface area contributed by atoms with E-state index in [2.05, 4.69) is 11.4 Å². The van der Waals surface area contributed by atoms with Crippen LogP contribution in [0.25, 0.3) is 0 Å². The van der Waals surface area contributed by atoms with Gasteiger partial charge in [-0.3, -0.25) is 0 Å². The molecule has 0 aliphatic heterocycles. The zero-order valence-electron chi connectivity index (χ0n) is 10.6. The van der Waals surface area contributed by atoms with Crippen molar-refractivity contribution in [3.05, 3.63) is 71.3 Å². The molecule has 0 amide bonds. The molecule has 0 bridgehead atoms. The van der Waals surface area contributed by atoms with Crippen molar-refractivity contribution in [2.45, 2.75) is 12.6 Å². The lowest BCUT2D eigenvalue weighted by atomic mass is 10.1. The van der Waals surface area contributed by atoms with Gasteiger partial charge in [0.05, 0.1) is 24.3 Å². The van der Waals surface area contributed by atoms with Crippen LogP contribution in [0, 0.1) is 11.3 Å². The minimum absolute atomic E-state index is 0.0436. The Kier molecular flexibility index (Phi) is 4.68. The molecule has 96 valence electrons. The fourth-order valence-corrected chi connectivity index (χ4v) is 1.97. The van der Waals surface area contributed by atoms with Gasteiger partial charge >= 0.3 is 0 Å². The van der Waals surface area contributed by atoms with Gasteiger partial charge in [-0.25, -0.2) is 0 Å². The number of aliphatic hydroxyl groups excluding tert-OH is 1. The fourth-order valence-electron chi connectivity index (χ4n) is 1.97. The van der Waals surface area contributed by atoms with E-state index in [9.17, 15) is 5.11 Å². The van der Waals surface area contributed by atoms with Crippen LogP contribution in [0.1, 0.15) is 22.7 Å². The normalized spacial score (nSPS) is 11.8. The molecule has 3 nitrogen and oxygen atoms in total. The third kappa shape index (κ3) is 3.65. The Hall–Kier alpha value is -2.15. The lowest BCUT2D eigenvalue weighted by Crippen LogP contribution is -2.23. The van der Waals surface area contributed by atoms with Crippen molar-refractivity contribution in [3.63, 3.8) is 0 Å². The maximum absolute atomic E-state index is 9.44. The summed E-state index contributed by atoms with van der Waals surface area (Å²) in [6, 6.07) is 19.3. The number of hydrogen-bond acceptors (Lipinski definition) is 3. The summed E-state index contributed by atoms with van der Waals surface area (Å²) in [4.78, 5) is 0. The third-order valence-electron chi connectivity index (χ3n) is 2.99. The van der Waals surface area contributed by atoms with Crippen LogP contribution in [0.2, 0.25) is 0 Å². The molecule has 0 aliphatic carbocycles. The molecular weight excluding hydrogens is 236 g/mol. The lowest BCUT2D eigenvalue weighted by molar-refractivity contribution is 0.243. The van der Waals surface area contributed by atoms with Crippen LogP contribution in [-0.4, -0.2) is 11.7 Å².